The number of amides is 1. The molecule has 1 amide bonds. The second kappa shape index (κ2) is 10.7. The molecule has 0 aromatic heterocycles. The van der Waals surface area contributed by atoms with Gasteiger partial charge in [-0.15, -0.1) is 0 Å². The van der Waals surface area contributed by atoms with Crippen LogP contribution >= 0.6 is 11.6 Å². The van der Waals surface area contributed by atoms with Gasteiger partial charge in [-0.2, -0.15) is 0 Å². The maximum Gasteiger partial charge on any atom is 0.264 e. The predicted molar refractivity (Wildman–Crippen MR) is 157 cm³/mol. The van der Waals surface area contributed by atoms with Crippen molar-refractivity contribution < 1.29 is 23.1 Å². The highest BCUT2D eigenvalue weighted by Gasteiger charge is 2.44. The third-order valence-corrected chi connectivity index (χ3v) is 11.5. The molecule has 40 heavy (non-hydrogen) atoms. The number of ether oxygens (including phenoxy) is 1. The smallest absolute Gasteiger partial charge is 0.264 e. The first-order chi connectivity index (χ1) is 19.1. The van der Waals surface area contributed by atoms with Crippen LogP contribution in [0, 0.1) is 11.8 Å². The van der Waals surface area contributed by atoms with E-state index in [1.54, 1.807) is 25.1 Å². The molecule has 2 aliphatic carbocycles. The molecule has 0 unspecified atom stereocenters. The summed E-state index contributed by atoms with van der Waals surface area (Å²) in [7, 11) is -3.86. The van der Waals surface area contributed by atoms with Gasteiger partial charge < -0.3 is 14.7 Å². The van der Waals surface area contributed by atoms with Crippen molar-refractivity contribution in [1.29, 1.82) is 0 Å². The molecule has 0 saturated heterocycles. The van der Waals surface area contributed by atoms with Crippen molar-refractivity contribution in [2.45, 2.75) is 68.6 Å². The first-order valence-corrected chi connectivity index (χ1v) is 16.3. The number of anilines is 1. The Labute approximate surface area is 241 Å². The van der Waals surface area contributed by atoms with Gasteiger partial charge in [0.25, 0.3) is 5.91 Å². The van der Waals surface area contributed by atoms with Crippen molar-refractivity contribution in [3.05, 3.63) is 70.3 Å². The van der Waals surface area contributed by atoms with E-state index in [1.807, 2.05) is 18.2 Å². The summed E-state index contributed by atoms with van der Waals surface area (Å²) < 4.78 is 34.6. The van der Waals surface area contributed by atoms with Crippen molar-refractivity contribution >= 4 is 33.2 Å². The number of aryl methyl sites for hydroxylation is 1. The van der Waals surface area contributed by atoms with Gasteiger partial charge in [-0.05, 0) is 105 Å². The summed E-state index contributed by atoms with van der Waals surface area (Å²) in [4.78, 5) is 15.5. The number of hydrogen-bond acceptors (Lipinski definition) is 6. The maximum atomic E-state index is 13.2. The molecule has 7 nitrogen and oxygen atoms in total. The van der Waals surface area contributed by atoms with Gasteiger partial charge in [0.2, 0.25) is 10.0 Å². The molecule has 2 aromatic rings. The van der Waals surface area contributed by atoms with Crippen LogP contribution in [0.15, 0.2) is 48.6 Å². The number of allylic oxidation sites excluding steroid dienone is 1. The van der Waals surface area contributed by atoms with E-state index in [4.69, 9.17) is 16.3 Å². The molecule has 6 rings (SSSR count). The number of nitrogens with zero attached hydrogens (tertiary/aromatic N) is 1. The second-order valence-corrected chi connectivity index (χ2v) is 14.6. The first kappa shape index (κ1) is 27.6. The summed E-state index contributed by atoms with van der Waals surface area (Å²) in [6.07, 6.45) is 8.95. The Bertz CT molecular complexity index is 1440. The summed E-state index contributed by atoms with van der Waals surface area (Å²) in [5.74, 6) is 0.479. The average molecular weight is 585 g/mol. The lowest BCUT2D eigenvalue weighted by molar-refractivity contribution is 0.0456. The maximum absolute atomic E-state index is 13.2. The Hall–Kier alpha value is -2.55. The summed E-state index contributed by atoms with van der Waals surface area (Å²) >= 11 is 6.37. The fraction of sp³-hybridized carbons (Fsp3) is 0.516. The zero-order valence-electron chi connectivity index (χ0n) is 22.8. The molecule has 0 radical (unpaired) electrons. The van der Waals surface area contributed by atoms with Crippen LogP contribution in [0.25, 0.3) is 0 Å². The van der Waals surface area contributed by atoms with Gasteiger partial charge in [0.1, 0.15) is 5.75 Å². The standard InChI is InChI=1S/C31H37ClN2O5S/c1-20-5-2-3-7-28(35)25-11-8-23(25)17-34-18-31(14-4-6-21-15-24(32)10-12-26(21)31)19-39-29-13-9-22(16-27(29)34)30(36)33-40(20,37)38/h3,7,9-10,12-13,15-16,20,23,25,28,35H,2,4-6,8,11,14,17-19H2,1H3,(H,33,36)/b7-3-/t20-,23-,25+,28+,31-/m0/s1. The number of aliphatic hydroxyl groups is 1. The van der Waals surface area contributed by atoms with Gasteiger partial charge >= 0.3 is 0 Å². The lowest BCUT2D eigenvalue weighted by Gasteiger charge is -2.45. The number of carbonyl (C=O) groups is 1. The van der Waals surface area contributed by atoms with Crippen LogP contribution < -0.4 is 14.4 Å². The Kier molecular flexibility index (Phi) is 7.38. The minimum atomic E-state index is -3.86. The summed E-state index contributed by atoms with van der Waals surface area (Å²) in [5.41, 5.74) is 3.33. The van der Waals surface area contributed by atoms with Crippen molar-refractivity contribution in [3.8, 4) is 5.75 Å². The van der Waals surface area contributed by atoms with E-state index in [2.05, 4.69) is 21.8 Å². The average Bonchev–Trinajstić information content (AvgIpc) is 3.05. The van der Waals surface area contributed by atoms with E-state index in [9.17, 15) is 18.3 Å². The third-order valence-electron chi connectivity index (χ3n) is 9.51. The molecule has 5 atom stereocenters. The van der Waals surface area contributed by atoms with Crippen molar-refractivity contribution in [1.82, 2.24) is 4.72 Å². The van der Waals surface area contributed by atoms with E-state index in [-0.39, 0.29) is 16.9 Å². The van der Waals surface area contributed by atoms with Gasteiger partial charge in [-0.3, -0.25) is 4.79 Å². The Morgan fingerprint density at radius 2 is 2.00 bits per heavy atom. The lowest BCUT2D eigenvalue weighted by Crippen LogP contribution is -2.49. The Balaban J connectivity index is 1.42. The molecule has 9 heteroatoms. The molecule has 2 bridgehead atoms. The molecule has 4 aliphatic rings. The quantitative estimate of drug-likeness (QED) is 0.423. The van der Waals surface area contributed by atoms with Crippen molar-refractivity contribution in [2.75, 3.05) is 24.6 Å². The number of halogens is 1. The molecule has 2 heterocycles. The number of hydrogen-bond donors (Lipinski definition) is 2. The van der Waals surface area contributed by atoms with E-state index in [0.29, 0.717) is 37.7 Å². The van der Waals surface area contributed by atoms with Crippen molar-refractivity contribution in [3.63, 3.8) is 0 Å². The zero-order chi connectivity index (χ0) is 28.1. The topological polar surface area (TPSA) is 95.9 Å². The van der Waals surface area contributed by atoms with Crippen LogP contribution in [-0.4, -0.2) is 50.5 Å². The first-order valence-electron chi connectivity index (χ1n) is 14.4. The Morgan fingerprint density at radius 3 is 2.80 bits per heavy atom. The van der Waals surface area contributed by atoms with Gasteiger partial charge in [0.15, 0.2) is 0 Å². The summed E-state index contributed by atoms with van der Waals surface area (Å²) in [6, 6.07) is 11.4. The van der Waals surface area contributed by atoms with Gasteiger partial charge in [-0.25, -0.2) is 13.1 Å². The predicted octanol–water partition coefficient (Wildman–Crippen LogP) is 5.00. The second-order valence-electron chi connectivity index (χ2n) is 12.1. The number of fused-ring (bicyclic) bond motifs is 4. The monoisotopic (exact) mass is 584 g/mol. The highest BCUT2D eigenvalue weighted by molar-refractivity contribution is 7.90. The number of sulfonamides is 1. The molecule has 1 fully saturated rings. The normalized spacial score (nSPS) is 32.5. The number of rotatable bonds is 0. The van der Waals surface area contributed by atoms with Crippen LogP contribution in [0.4, 0.5) is 5.69 Å². The molecular weight excluding hydrogens is 548 g/mol. The number of aliphatic hydroxyl groups excluding tert-OH is 1. The van der Waals surface area contributed by atoms with Crippen LogP contribution in [0.1, 0.15) is 66.9 Å². The molecular formula is C31H37ClN2O5S. The molecule has 1 saturated carbocycles. The molecule has 2 N–H and O–H groups in total. The molecule has 214 valence electrons. The summed E-state index contributed by atoms with van der Waals surface area (Å²) in [5, 5.41) is 11.0. The van der Waals surface area contributed by atoms with E-state index in [1.165, 1.54) is 11.1 Å². The van der Waals surface area contributed by atoms with Gasteiger partial charge in [0, 0.05) is 29.1 Å². The fourth-order valence-electron chi connectivity index (χ4n) is 6.96. The van der Waals surface area contributed by atoms with E-state index >= 15 is 0 Å². The van der Waals surface area contributed by atoms with E-state index in [0.717, 1.165) is 49.4 Å². The molecule has 2 aromatic carbocycles. The van der Waals surface area contributed by atoms with Gasteiger partial charge in [0.05, 0.1) is 23.6 Å². The minimum absolute atomic E-state index is 0.137. The van der Waals surface area contributed by atoms with Crippen molar-refractivity contribution in [2.24, 2.45) is 11.8 Å². The van der Waals surface area contributed by atoms with Crippen LogP contribution in [0.5, 0.6) is 5.75 Å². The van der Waals surface area contributed by atoms with Crippen LogP contribution in [0.3, 0.4) is 0 Å². The van der Waals surface area contributed by atoms with Gasteiger partial charge in [-0.1, -0.05) is 29.8 Å². The zero-order valence-corrected chi connectivity index (χ0v) is 24.4. The molecule has 2 aliphatic heterocycles. The third kappa shape index (κ3) is 5.14. The number of nitrogens with one attached hydrogen (secondary N) is 1. The highest BCUT2D eigenvalue weighted by atomic mass is 35.5. The van der Waals surface area contributed by atoms with Crippen LogP contribution in [-0.2, 0) is 21.9 Å². The highest BCUT2D eigenvalue weighted by Crippen LogP contribution is 2.46. The molecule has 1 spiro atoms. The van der Waals surface area contributed by atoms with E-state index < -0.39 is 27.3 Å². The largest absolute Gasteiger partial charge is 0.490 e. The number of benzene rings is 2. The summed E-state index contributed by atoms with van der Waals surface area (Å²) in [6.45, 7) is 3.52. The Morgan fingerprint density at radius 1 is 1.15 bits per heavy atom. The minimum Gasteiger partial charge on any atom is -0.490 e. The fourth-order valence-corrected chi connectivity index (χ4v) is 8.18. The lowest BCUT2D eigenvalue weighted by atomic mass is 9.68. The number of carbonyl (C=O) groups excluding carboxylic acids is 1. The van der Waals surface area contributed by atoms with Crippen LogP contribution in [0.2, 0.25) is 5.02 Å². The SMILES string of the molecule is C[C@H]1CC/C=C\[C@@H](O)[C@@H]2CC[C@H]2CN2C[C@@]3(CCCc4cc(Cl)ccc43)COc3ccc(cc32)C(=O)NS1(=O)=O.